The molecule has 0 radical (unpaired) electrons. The van der Waals surface area contributed by atoms with E-state index in [2.05, 4.69) is 5.32 Å². The van der Waals surface area contributed by atoms with Crippen LogP contribution in [0.3, 0.4) is 0 Å². The van der Waals surface area contributed by atoms with E-state index in [9.17, 15) is 39.3 Å². The van der Waals surface area contributed by atoms with E-state index < -0.39 is 36.5 Å². The predicted molar refractivity (Wildman–Crippen MR) is 156 cm³/mol. The number of aldehydes is 1. The van der Waals surface area contributed by atoms with Crippen LogP contribution in [0.15, 0.2) is 30.4 Å². The number of esters is 1. The summed E-state index contributed by atoms with van der Waals surface area (Å²) in [6, 6.07) is 4.61. The molecule has 2 rings (SSSR count). The number of carboxylic acids is 1. The van der Waals surface area contributed by atoms with Crippen LogP contribution in [0, 0.1) is 0 Å². The number of hydrogen-bond donors (Lipinski definition) is 4. The minimum Gasteiger partial charge on any atom is -0.491 e. The highest BCUT2D eigenvalue weighted by atomic mass is 16.7. The Morgan fingerprint density at radius 2 is 1.89 bits per heavy atom. The summed E-state index contributed by atoms with van der Waals surface area (Å²) in [6.07, 6.45) is -0.686. The number of ether oxygens (including phenoxy) is 5. The Morgan fingerprint density at radius 3 is 2.60 bits per heavy atom. The second-order valence-corrected chi connectivity index (χ2v) is 10.2. The van der Waals surface area contributed by atoms with Crippen molar-refractivity contribution < 1.29 is 63.0 Å². The van der Waals surface area contributed by atoms with Crippen LogP contribution in [-0.4, -0.2) is 115 Å². The Bertz CT molecular complexity index is 1160. The summed E-state index contributed by atoms with van der Waals surface area (Å²) in [4.78, 5) is 58.2. The largest absolute Gasteiger partial charge is 0.491 e. The van der Waals surface area contributed by atoms with Crippen LogP contribution in [0.5, 0.6) is 11.5 Å². The second-order valence-electron chi connectivity index (χ2n) is 10.2. The molecule has 1 saturated heterocycles. The first-order valence-electron chi connectivity index (χ1n) is 14.5. The van der Waals surface area contributed by atoms with Gasteiger partial charge in [-0.25, -0.2) is 4.79 Å². The van der Waals surface area contributed by atoms with Crippen molar-refractivity contribution in [3.05, 3.63) is 35.9 Å². The third kappa shape index (κ3) is 14.1. The zero-order valence-corrected chi connectivity index (χ0v) is 25.4. The number of amides is 2. The lowest BCUT2D eigenvalue weighted by molar-refractivity contribution is -0.238. The van der Waals surface area contributed by atoms with Gasteiger partial charge in [0.25, 0.3) is 0 Å². The molecule has 15 nitrogen and oxygen atoms in total. The molecule has 2 amide bonds. The molecule has 1 aliphatic heterocycles. The van der Waals surface area contributed by atoms with Gasteiger partial charge in [-0.1, -0.05) is 6.42 Å². The molecule has 0 aliphatic carbocycles. The topological polar surface area (TPSA) is 207 Å². The van der Waals surface area contributed by atoms with Crippen molar-refractivity contribution in [1.29, 1.82) is 0 Å². The molecule has 1 aromatic rings. The van der Waals surface area contributed by atoms with E-state index in [1.807, 2.05) is 0 Å². The third-order valence-electron chi connectivity index (χ3n) is 6.57. The number of aliphatic carboxylic acids is 1. The predicted octanol–water partition coefficient (Wildman–Crippen LogP) is 0.335. The van der Waals surface area contributed by atoms with Gasteiger partial charge in [-0.05, 0) is 31.1 Å². The second kappa shape index (κ2) is 20.1. The molecule has 1 aliphatic rings. The van der Waals surface area contributed by atoms with Crippen LogP contribution in [0.2, 0.25) is 0 Å². The van der Waals surface area contributed by atoms with Crippen LogP contribution in [0.1, 0.15) is 44.6 Å². The first-order valence-corrected chi connectivity index (χ1v) is 14.5. The van der Waals surface area contributed by atoms with E-state index >= 15 is 0 Å². The third-order valence-corrected chi connectivity index (χ3v) is 6.57. The summed E-state index contributed by atoms with van der Waals surface area (Å²) < 4.78 is 27.2. The van der Waals surface area contributed by atoms with Crippen molar-refractivity contribution in [2.45, 2.75) is 70.2 Å². The highest BCUT2D eigenvalue weighted by Gasteiger charge is 2.41. The summed E-state index contributed by atoms with van der Waals surface area (Å²) in [5.74, 6) is -1.78. The fourth-order valence-electron chi connectivity index (χ4n) is 4.09. The lowest BCUT2D eigenvalue weighted by atomic mass is 10.0. The van der Waals surface area contributed by atoms with Crippen LogP contribution in [-0.2, 0) is 44.8 Å². The highest BCUT2D eigenvalue weighted by molar-refractivity contribution is 5.90. The summed E-state index contributed by atoms with van der Waals surface area (Å²) in [5, 5.41) is 32.4. The zero-order chi connectivity index (χ0) is 33.2. The van der Waals surface area contributed by atoms with E-state index in [-0.39, 0.29) is 50.4 Å². The fourth-order valence-corrected chi connectivity index (χ4v) is 4.09. The molecule has 1 fully saturated rings. The number of likely N-dealkylation sites (N-methyl/N-ethyl adjacent to an activating group) is 1. The molecular formula is C30H42N2O13. The van der Waals surface area contributed by atoms with Crippen LogP contribution in [0.4, 0.5) is 0 Å². The maximum atomic E-state index is 12.0. The SMILES string of the molecule is CC(=O)OCc1ccc(OCCOCCNC(=O)CCCCCN(C)C(=O)/C=C\C=O)cc1OC1OC(C(=O)O)CC(O)[C@H]1O. The van der Waals surface area contributed by atoms with Crippen molar-refractivity contribution >= 4 is 30.0 Å². The van der Waals surface area contributed by atoms with Gasteiger partial charge in [0, 0.05) is 57.6 Å². The van der Waals surface area contributed by atoms with Gasteiger partial charge in [0.2, 0.25) is 18.1 Å². The highest BCUT2D eigenvalue weighted by Crippen LogP contribution is 2.30. The number of unbranched alkanes of at least 4 members (excludes halogenated alkanes) is 2. The van der Waals surface area contributed by atoms with Crippen molar-refractivity contribution in [3.8, 4) is 11.5 Å². The van der Waals surface area contributed by atoms with Gasteiger partial charge in [-0.3, -0.25) is 19.2 Å². The number of nitrogens with one attached hydrogen (secondary N) is 1. The van der Waals surface area contributed by atoms with Crippen molar-refractivity contribution in [2.75, 3.05) is 40.0 Å². The smallest absolute Gasteiger partial charge is 0.333 e. The molecule has 0 saturated carbocycles. The molecule has 0 spiro atoms. The van der Waals surface area contributed by atoms with Crippen LogP contribution >= 0.6 is 0 Å². The van der Waals surface area contributed by atoms with Gasteiger partial charge in [-0.2, -0.15) is 0 Å². The lowest BCUT2D eigenvalue weighted by Gasteiger charge is -2.35. The molecule has 0 aromatic heterocycles. The first kappa shape index (κ1) is 37.1. The first-order chi connectivity index (χ1) is 21.5. The number of carboxylic acid groups (broad SMARTS) is 1. The van der Waals surface area contributed by atoms with Crippen LogP contribution in [0.25, 0.3) is 0 Å². The monoisotopic (exact) mass is 638 g/mol. The number of hydrogen-bond acceptors (Lipinski definition) is 12. The Morgan fingerprint density at radius 1 is 1.11 bits per heavy atom. The fraction of sp³-hybridized carbons (Fsp3) is 0.567. The quantitative estimate of drug-likeness (QED) is 0.0658. The number of aliphatic hydroxyl groups excluding tert-OH is 2. The van der Waals surface area contributed by atoms with Gasteiger partial charge in [0.05, 0.1) is 19.3 Å². The number of benzene rings is 1. The van der Waals surface area contributed by atoms with E-state index in [0.717, 1.165) is 18.9 Å². The molecule has 45 heavy (non-hydrogen) atoms. The molecule has 15 heteroatoms. The van der Waals surface area contributed by atoms with Gasteiger partial charge in [0.15, 0.2) is 6.10 Å². The summed E-state index contributed by atoms with van der Waals surface area (Å²) in [6.45, 7) is 2.50. The van der Waals surface area contributed by atoms with Crippen molar-refractivity contribution in [3.63, 3.8) is 0 Å². The van der Waals surface area contributed by atoms with Gasteiger partial charge < -0.3 is 49.2 Å². The van der Waals surface area contributed by atoms with E-state index in [0.29, 0.717) is 43.5 Å². The molecular weight excluding hydrogens is 596 g/mol. The number of nitrogens with zero attached hydrogens (tertiary/aromatic N) is 1. The minimum absolute atomic E-state index is 0.0897. The number of carbonyl (C=O) groups is 5. The van der Waals surface area contributed by atoms with Gasteiger partial charge >= 0.3 is 11.9 Å². The Balaban J connectivity index is 1.72. The average Bonchev–Trinajstić information content (AvgIpc) is 3.00. The molecule has 1 aromatic carbocycles. The number of rotatable bonds is 20. The summed E-state index contributed by atoms with van der Waals surface area (Å²) in [5.41, 5.74) is 0.387. The van der Waals surface area contributed by atoms with E-state index in [4.69, 9.17) is 23.7 Å². The van der Waals surface area contributed by atoms with E-state index in [1.54, 1.807) is 19.2 Å². The van der Waals surface area contributed by atoms with Gasteiger partial charge in [0.1, 0.15) is 37.1 Å². The normalized spacial score (nSPS) is 19.5. The molecule has 4 N–H and O–H groups in total. The average molecular weight is 639 g/mol. The zero-order valence-electron chi connectivity index (χ0n) is 25.4. The lowest BCUT2D eigenvalue weighted by Crippen LogP contribution is -2.52. The molecule has 250 valence electrons. The summed E-state index contributed by atoms with van der Waals surface area (Å²) >= 11 is 0. The molecule has 4 atom stereocenters. The number of allylic oxidation sites excluding steroid dienone is 1. The molecule has 1 heterocycles. The Hall–Kier alpha value is -4.05. The Kier molecular flexibility index (Phi) is 16.6. The van der Waals surface area contributed by atoms with Crippen molar-refractivity contribution in [1.82, 2.24) is 10.2 Å². The van der Waals surface area contributed by atoms with E-state index in [1.165, 1.54) is 24.0 Å². The number of aliphatic hydroxyl groups is 2. The maximum absolute atomic E-state index is 12.0. The number of carbonyl (C=O) groups excluding carboxylic acids is 4. The molecule has 3 unspecified atom stereocenters. The Labute approximate surface area is 261 Å². The van der Waals surface area contributed by atoms with Crippen molar-refractivity contribution in [2.24, 2.45) is 0 Å². The standard InChI is InChI=1S/C30H42N2O13/c1-20(34)43-19-21-9-10-22(17-24(21)44-30-28(38)23(35)18-25(45-30)29(39)40)42-16-15-41-14-11-31-26(36)7-4-3-5-12-32(2)27(37)8-6-13-33/h6,8-10,13,17,23,25,28,30,35,38H,3-5,7,11-12,14-16,18-19H2,1-2H3,(H,31,36)(H,39,40)/b8-6-/t23?,25?,28-,30?/m1/s1. The van der Waals surface area contributed by atoms with Gasteiger partial charge in [-0.15, -0.1) is 0 Å². The molecule has 0 bridgehead atoms. The van der Waals surface area contributed by atoms with Crippen LogP contribution < -0.4 is 14.8 Å². The minimum atomic E-state index is -1.53. The maximum Gasteiger partial charge on any atom is 0.333 e. The summed E-state index contributed by atoms with van der Waals surface area (Å²) in [7, 11) is 1.65.